The lowest BCUT2D eigenvalue weighted by Crippen LogP contribution is -2.59. The second-order valence-corrected chi connectivity index (χ2v) is 7.37. The van der Waals surface area contributed by atoms with Crippen molar-refractivity contribution in [2.75, 3.05) is 7.05 Å². The van der Waals surface area contributed by atoms with Gasteiger partial charge in [-0.2, -0.15) is 0 Å². The summed E-state index contributed by atoms with van der Waals surface area (Å²) in [5, 5.41) is 0. The molecule has 0 N–H and O–H groups in total. The Morgan fingerprint density at radius 1 is 1.19 bits per heavy atom. The van der Waals surface area contributed by atoms with E-state index in [2.05, 4.69) is 63.1 Å². The number of Topliss-reactive ketones (excluding diaryl/α,β-unsaturated/α-hetero) is 1. The van der Waals surface area contributed by atoms with E-state index in [0.29, 0.717) is 11.7 Å². The summed E-state index contributed by atoms with van der Waals surface area (Å²) in [6, 6.07) is 10.6. The van der Waals surface area contributed by atoms with Crippen LogP contribution in [0.2, 0.25) is 0 Å². The van der Waals surface area contributed by atoms with Crippen LogP contribution in [-0.2, 0) is 11.3 Å². The monoisotopic (exact) mass is 307 g/mol. The third kappa shape index (κ3) is 2.24. The Bertz CT molecular complexity index is 527. The lowest BCUT2D eigenvalue weighted by molar-refractivity contribution is -0.133. The molecule has 3 atom stereocenters. The molecule has 2 nitrogen and oxygen atoms in total. The Hall–Kier alpha value is -0.860. The summed E-state index contributed by atoms with van der Waals surface area (Å²) in [5.41, 5.74) is 1.50. The first-order valence-electron chi connectivity index (χ1n) is 7.65. The maximum atomic E-state index is 12.3. The number of rotatable bonds is 3. The van der Waals surface area contributed by atoms with Crippen molar-refractivity contribution in [3.05, 3.63) is 35.9 Å². The molecule has 3 heteroatoms. The van der Waals surface area contributed by atoms with Gasteiger partial charge in [0, 0.05) is 24.4 Å². The van der Waals surface area contributed by atoms with E-state index < -0.39 is 0 Å². The fourth-order valence-electron chi connectivity index (χ4n) is 4.62. The summed E-state index contributed by atoms with van der Waals surface area (Å²) in [5.74, 6) is 1.26. The first-order chi connectivity index (χ1) is 9.37. The molecule has 2 bridgehead atoms. The molecule has 2 saturated carbocycles. The zero-order valence-corrected chi connectivity index (χ0v) is 14.2. The summed E-state index contributed by atoms with van der Waals surface area (Å²) < 4.78 is 0. The number of nitrogens with zero attached hydrogens (tertiary/aromatic N) is 1. The van der Waals surface area contributed by atoms with Gasteiger partial charge in [-0.15, -0.1) is 12.4 Å². The number of benzene rings is 1. The predicted molar refractivity (Wildman–Crippen MR) is 88.6 cm³/mol. The standard InChI is InChI=1S/C18H25NO.ClH/c1-17(2)14-10-15(16(20)11-14)18(17,3)19(4)12-13-8-6-5-7-9-13;/h5-9,14-15H,10-12H2,1-4H3;1H. The highest BCUT2D eigenvalue weighted by Gasteiger charge is 2.65. The normalized spacial score (nSPS) is 33.3. The Kier molecular flexibility index (Phi) is 4.25. The van der Waals surface area contributed by atoms with Gasteiger partial charge in [-0.3, -0.25) is 9.69 Å². The molecule has 0 aromatic heterocycles. The van der Waals surface area contributed by atoms with Gasteiger partial charge < -0.3 is 0 Å². The average Bonchev–Trinajstić information content (AvgIpc) is 2.88. The summed E-state index contributed by atoms with van der Waals surface area (Å²) in [4.78, 5) is 14.7. The second kappa shape index (κ2) is 5.40. The van der Waals surface area contributed by atoms with Gasteiger partial charge in [-0.05, 0) is 37.3 Å². The van der Waals surface area contributed by atoms with Crippen LogP contribution in [0.5, 0.6) is 0 Å². The van der Waals surface area contributed by atoms with E-state index in [9.17, 15) is 4.79 Å². The molecule has 21 heavy (non-hydrogen) atoms. The Balaban J connectivity index is 0.00000161. The van der Waals surface area contributed by atoms with Crippen LogP contribution in [0, 0.1) is 17.3 Å². The van der Waals surface area contributed by atoms with Crippen molar-refractivity contribution in [3.8, 4) is 0 Å². The van der Waals surface area contributed by atoms with Crippen LogP contribution in [0.15, 0.2) is 30.3 Å². The zero-order chi connectivity index (χ0) is 14.5. The van der Waals surface area contributed by atoms with Gasteiger partial charge in [0.05, 0.1) is 0 Å². The molecule has 0 spiro atoms. The maximum absolute atomic E-state index is 12.3. The van der Waals surface area contributed by atoms with E-state index in [0.717, 1.165) is 19.4 Å². The number of carbonyl (C=O) groups excluding carboxylic acids is 1. The molecule has 0 radical (unpaired) electrons. The summed E-state index contributed by atoms with van der Waals surface area (Å²) in [6.45, 7) is 7.92. The van der Waals surface area contributed by atoms with E-state index in [1.807, 2.05) is 0 Å². The molecule has 0 aliphatic heterocycles. The van der Waals surface area contributed by atoms with Gasteiger partial charge in [0.1, 0.15) is 5.78 Å². The van der Waals surface area contributed by atoms with Crippen molar-refractivity contribution in [1.29, 1.82) is 0 Å². The molecule has 2 aliphatic carbocycles. The van der Waals surface area contributed by atoms with Gasteiger partial charge in [0.25, 0.3) is 0 Å². The van der Waals surface area contributed by atoms with Crippen LogP contribution in [-0.4, -0.2) is 23.3 Å². The largest absolute Gasteiger partial charge is 0.299 e. The predicted octanol–water partition coefficient (Wildman–Crippen LogP) is 3.93. The number of ketones is 1. The van der Waals surface area contributed by atoms with E-state index >= 15 is 0 Å². The molecule has 2 aliphatic rings. The van der Waals surface area contributed by atoms with Crippen molar-refractivity contribution in [1.82, 2.24) is 4.90 Å². The fourth-order valence-corrected chi connectivity index (χ4v) is 4.62. The number of fused-ring (bicyclic) bond motifs is 2. The lowest BCUT2D eigenvalue weighted by Gasteiger charge is -2.52. The van der Waals surface area contributed by atoms with Crippen LogP contribution in [0.1, 0.15) is 39.2 Å². The van der Waals surface area contributed by atoms with Crippen LogP contribution in [0.4, 0.5) is 0 Å². The maximum Gasteiger partial charge on any atom is 0.138 e. The highest BCUT2D eigenvalue weighted by Crippen LogP contribution is 2.62. The SMILES string of the molecule is CN(Cc1ccccc1)C1(C)C2CC(CC2=O)C1(C)C.Cl. The van der Waals surface area contributed by atoms with Crippen LogP contribution in [0.3, 0.4) is 0 Å². The minimum Gasteiger partial charge on any atom is -0.299 e. The highest BCUT2D eigenvalue weighted by molar-refractivity contribution is 5.86. The molecule has 0 amide bonds. The minimum atomic E-state index is -0.0250. The first-order valence-corrected chi connectivity index (χ1v) is 7.65. The van der Waals surface area contributed by atoms with Crippen molar-refractivity contribution in [2.45, 2.75) is 45.7 Å². The van der Waals surface area contributed by atoms with E-state index in [4.69, 9.17) is 0 Å². The summed E-state index contributed by atoms with van der Waals surface area (Å²) >= 11 is 0. The quantitative estimate of drug-likeness (QED) is 0.843. The summed E-state index contributed by atoms with van der Waals surface area (Å²) in [6.07, 6.45) is 1.88. The van der Waals surface area contributed by atoms with Crippen molar-refractivity contribution < 1.29 is 4.79 Å². The minimum absolute atomic E-state index is 0. The topological polar surface area (TPSA) is 20.3 Å². The molecular formula is C18H26ClNO. The van der Waals surface area contributed by atoms with E-state index in [1.54, 1.807) is 0 Å². The molecule has 0 saturated heterocycles. The Labute approximate surface area is 134 Å². The van der Waals surface area contributed by atoms with Gasteiger partial charge in [-0.25, -0.2) is 0 Å². The Morgan fingerprint density at radius 3 is 2.38 bits per heavy atom. The molecule has 1 aromatic rings. The van der Waals surface area contributed by atoms with Gasteiger partial charge in [-0.1, -0.05) is 44.2 Å². The average molecular weight is 308 g/mol. The van der Waals surface area contributed by atoms with E-state index in [1.165, 1.54) is 5.56 Å². The lowest BCUT2D eigenvalue weighted by atomic mass is 9.63. The molecule has 0 heterocycles. The Morgan fingerprint density at radius 2 is 1.81 bits per heavy atom. The van der Waals surface area contributed by atoms with Gasteiger partial charge >= 0.3 is 0 Å². The highest BCUT2D eigenvalue weighted by atomic mass is 35.5. The molecule has 1 aromatic carbocycles. The smallest absolute Gasteiger partial charge is 0.138 e. The summed E-state index contributed by atoms with van der Waals surface area (Å²) in [7, 11) is 2.18. The van der Waals surface area contributed by atoms with Gasteiger partial charge in [0.2, 0.25) is 0 Å². The van der Waals surface area contributed by atoms with Crippen LogP contribution in [0.25, 0.3) is 0 Å². The van der Waals surface area contributed by atoms with Gasteiger partial charge in [0.15, 0.2) is 0 Å². The fraction of sp³-hybridized carbons (Fsp3) is 0.611. The molecular weight excluding hydrogens is 282 g/mol. The molecule has 116 valence electrons. The van der Waals surface area contributed by atoms with Crippen LogP contribution < -0.4 is 0 Å². The first kappa shape index (κ1) is 16.5. The molecule has 3 unspecified atom stereocenters. The third-order valence-electron chi connectivity index (χ3n) is 6.42. The van der Waals surface area contributed by atoms with Crippen molar-refractivity contribution in [2.24, 2.45) is 17.3 Å². The van der Waals surface area contributed by atoms with Crippen molar-refractivity contribution in [3.63, 3.8) is 0 Å². The third-order valence-corrected chi connectivity index (χ3v) is 6.42. The second-order valence-electron chi connectivity index (χ2n) is 7.37. The number of hydrogen-bond donors (Lipinski definition) is 0. The molecule has 2 fully saturated rings. The number of carbonyl (C=O) groups is 1. The number of hydrogen-bond acceptors (Lipinski definition) is 2. The molecule has 3 rings (SSSR count). The van der Waals surface area contributed by atoms with Crippen LogP contribution >= 0.6 is 12.4 Å². The number of halogens is 1. The van der Waals surface area contributed by atoms with E-state index in [-0.39, 0.29) is 29.3 Å². The van der Waals surface area contributed by atoms with Crippen molar-refractivity contribution >= 4 is 18.2 Å². The zero-order valence-electron chi connectivity index (χ0n) is 13.4.